The number of aliphatic hydroxyl groups is 1. The van der Waals surface area contributed by atoms with Crippen LogP contribution >= 0.6 is 38.1 Å². The Morgan fingerprint density at radius 2 is 1.94 bits per heavy atom. The van der Waals surface area contributed by atoms with E-state index in [1.807, 2.05) is 6.07 Å². The average molecular weight is 571 g/mol. The highest BCUT2D eigenvalue weighted by atomic mass is 35.5. The number of halogens is 2. The Morgan fingerprint density at radius 1 is 1.26 bits per heavy atom. The van der Waals surface area contributed by atoms with E-state index in [1.54, 1.807) is 5.38 Å². The lowest BCUT2D eigenvalue weighted by Gasteiger charge is -2.21. The average Bonchev–Trinajstić information content (AvgIpc) is 3.49. The van der Waals surface area contributed by atoms with Gasteiger partial charge in [-0.05, 0) is 30.1 Å². The van der Waals surface area contributed by atoms with Crippen LogP contribution in [0.5, 0.6) is 0 Å². The van der Waals surface area contributed by atoms with Crippen LogP contribution in [0.25, 0.3) is 10.2 Å². The van der Waals surface area contributed by atoms with Crippen molar-refractivity contribution in [3.63, 3.8) is 0 Å². The van der Waals surface area contributed by atoms with Gasteiger partial charge in [-0.1, -0.05) is 18.0 Å². The maximum absolute atomic E-state index is 15.1. The van der Waals surface area contributed by atoms with E-state index in [0.29, 0.717) is 22.9 Å². The van der Waals surface area contributed by atoms with E-state index in [1.165, 1.54) is 30.6 Å². The zero-order chi connectivity index (χ0) is 25.1. The molecule has 0 aromatic carbocycles. The summed E-state index contributed by atoms with van der Waals surface area (Å²) in [6.45, 7) is 1.16. The number of hydrogen-bond donors (Lipinski definition) is 4. The van der Waals surface area contributed by atoms with Crippen molar-refractivity contribution in [3.8, 4) is 0 Å². The molecule has 7 atom stereocenters. The second-order valence-corrected chi connectivity index (χ2v) is 14.7. The minimum Gasteiger partial charge on any atom is -0.387 e. The molecule has 0 spiro atoms. The van der Waals surface area contributed by atoms with Crippen molar-refractivity contribution < 1.29 is 42.6 Å². The largest absolute Gasteiger partial charge is 0.387 e. The highest BCUT2D eigenvalue weighted by molar-refractivity contribution is 7.70. The molecule has 5 rings (SSSR count). The molecule has 0 amide bonds. The molecule has 0 bridgehead atoms. The third-order valence-corrected chi connectivity index (χ3v) is 11.7. The Bertz CT molecular complexity index is 1200. The zero-order valence-corrected chi connectivity index (χ0v) is 21.8. The summed E-state index contributed by atoms with van der Waals surface area (Å²) < 4.78 is 49.3. The summed E-state index contributed by atoms with van der Waals surface area (Å²) in [4.78, 5) is 34.2. The molecule has 2 saturated heterocycles. The second-order valence-electron chi connectivity index (χ2n) is 9.46. The number of aromatic nitrogens is 1. The Hall–Kier alpha value is -0.650. The summed E-state index contributed by atoms with van der Waals surface area (Å²) in [5.41, 5.74) is 1.83. The molecule has 2 aromatic heterocycles. The SMILES string of the molecule is O=P(O)(O)CP(=O)(O)OC[C@H]1O[C@@H](c2csc3c(N4CC5CCCC5C4)cc(Cl)nc23)[C@@H](F)[C@@H]1O. The van der Waals surface area contributed by atoms with Gasteiger partial charge in [-0.15, -0.1) is 11.3 Å². The Kier molecular flexibility index (Phi) is 7.11. The van der Waals surface area contributed by atoms with Gasteiger partial charge < -0.3 is 33.9 Å². The molecule has 4 heterocycles. The molecule has 2 aromatic rings. The smallest absolute Gasteiger partial charge is 0.340 e. The van der Waals surface area contributed by atoms with Gasteiger partial charge in [-0.2, -0.15) is 0 Å². The summed E-state index contributed by atoms with van der Waals surface area (Å²) in [5.74, 6) is -0.0632. The van der Waals surface area contributed by atoms with Crippen LogP contribution in [0.15, 0.2) is 11.4 Å². The molecule has 0 radical (unpaired) electrons. The van der Waals surface area contributed by atoms with Gasteiger partial charge in [0.2, 0.25) is 0 Å². The number of fused-ring (bicyclic) bond motifs is 2. The quantitative estimate of drug-likeness (QED) is 0.287. The number of ether oxygens (including phenoxy) is 1. The molecular weight excluding hydrogens is 545 g/mol. The fraction of sp³-hybridized carbons (Fsp3) is 0.650. The summed E-state index contributed by atoms with van der Waals surface area (Å²) in [7, 11) is -9.49. The van der Waals surface area contributed by atoms with Gasteiger partial charge in [-0.25, -0.2) is 9.37 Å². The van der Waals surface area contributed by atoms with Crippen LogP contribution in [-0.4, -0.2) is 68.7 Å². The van der Waals surface area contributed by atoms with Crippen molar-refractivity contribution in [2.45, 2.75) is 43.7 Å². The van der Waals surface area contributed by atoms with E-state index < -0.39 is 52.2 Å². The molecule has 35 heavy (non-hydrogen) atoms. The van der Waals surface area contributed by atoms with E-state index in [9.17, 15) is 19.1 Å². The first-order chi connectivity index (χ1) is 16.4. The molecule has 3 fully saturated rings. The lowest BCUT2D eigenvalue weighted by Crippen LogP contribution is -2.31. The van der Waals surface area contributed by atoms with Crippen molar-refractivity contribution in [2.24, 2.45) is 11.8 Å². The normalized spacial score (nSPS) is 32.9. The number of nitrogens with zero attached hydrogens (tertiary/aromatic N) is 2. The first-order valence-electron chi connectivity index (χ1n) is 11.2. The molecule has 3 unspecified atom stereocenters. The van der Waals surface area contributed by atoms with Crippen LogP contribution < -0.4 is 4.90 Å². The number of hydrogen-bond acceptors (Lipinski definition) is 8. The van der Waals surface area contributed by atoms with Crippen molar-refractivity contribution in [1.29, 1.82) is 0 Å². The Labute approximate surface area is 209 Å². The predicted octanol–water partition coefficient (Wildman–Crippen LogP) is 3.66. The molecule has 1 aliphatic carbocycles. The van der Waals surface area contributed by atoms with Crippen molar-refractivity contribution in [2.75, 3.05) is 30.5 Å². The van der Waals surface area contributed by atoms with Gasteiger partial charge in [0.25, 0.3) is 0 Å². The lowest BCUT2D eigenvalue weighted by atomic mass is 10.0. The summed E-state index contributed by atoms with van der Waals surface area (Å²) in [6.07, 6.45) is -2.40. The fourth-order valence-corrected chi connectivity index (χ4v) is 9.25. The van der Waals surface area contributed by atoms with Crippen LogP contribution in [0, 0.1) is 11.8 Å². The second kappa shape index (κ2) is 9.58. The van der Waals surface area contributed by atoms with E-state index in [0.717, 1.165) is 23.5 Å². The topological polar surface area (TPSA) is 150 Å². The van der Waals surface area contributed by atoms with Gasteiger partial charge in [0, 0.05) is 24.7 Å². The van der Waals surface area contributed by atoms with E-state index in [2.05, 4.69) is 9.88 Å². The first-order valence-corrected chi connectivity index (χ1v) is 16.0. The maximum Gasteiger partial charge on any atom is 0.340 e. The molecule has 2 aliphatic heterocycles. The fourth-order valence-electron chi connectivity index (χ4n) is 5.42. The number of anilines is 1. The minimum atomic E-state index is -4.82. The van der Waals surface area contributed by atoms with E-state index >= 15 is 4.39 Å². The molecule has 10 nitrogen and oxygen atoms in total. The van der Waals surface area contributed by atoms with Crippen molar-refractivity contribution in [3.05, 3.63) is 22.2 Å². The minimum absolute atomic E-state index is 0.261. The molecule has 1 saturated carbocycles. The number of thiophene rings is 1. The van der Waals surface area contributed by atoms with Crippen LogP contribution in [0.4, 0.5) is 10.1 Å². The summed E-state index contributed by atoms with van der Waals surface area (Å²) in [5, 5.41) is 12.3. The standard InChI is InChI=1S/C20H26ClFN2O8P2S/c21-15-4-13(24-5-10-2-1-3-11(10)6-24)20-17(23-15)12(8-35-20)19-16(22)18(25)14(32-19)7-31-34(29,30)9-33(26,27)28/h4,8,10-11,14,16,18-19,25H,1-3,5-7,9H2,(H,29,30)(H2,26,27,28)/t10?,11?,14-,16+,18-,19+/m1/s1. The first kappa shape index (κ1) is 26.0. The monoisotopic (exact) mass is 570 g/mol. The van der Waals surface area contributed by atoms with Crippen molar-refractivity contribution >= 4 is 54.0 Å². The molecule has 4 N–H and O–H groups in total. The van der Waals surface area contributed by atoms with E-state index in [-0.39, 0.29) is 5.15 Å². The van der Waals surface area contributed by atoms with Gasteiger partial charge >= 0.3 is 15.2 Å². The highest BCUT2D eigenvalue weighted by Crippen LogP contribution is 2.56. The Balaban J connectivity index is 1.36. The maximum atomic E-state index is 15.1. The van der Waals surface area contributed by atoms with Crippen LogP contribution in [-0.2, 0) is 18.4 Å². The van der Waals surface area contributed by atoms with Gasteiger partial charge in [0.05, 0.1) is 22.5 Å². The zero-order valence-electron chi connectivity index (χ0n) is 18.4. The number of aliphatic hydroxyl groups excluding tert-OH is 1. The molecular formula is C20H26ClFN2O8P2S. The molecule has 194 valence electrons. The van der Waals surface area contributed by atoms with Crippen molar-refractivity contribution in [1.82, 2.24) is 4.98 Å². The lowest BCUT2D eigenvalue weighted by molar-refractivity contribution is -0.0180. The third kappa shape index (κ3) is 5.34. The summed E-state index contributed by atoms with van der Waals surface area (Å²) >= 11 is 7.73. The summed E-state index contributed by atoms with van der Waals surface area (Å²) in [6, 6.07) is 1.82. The van der Waals surface area contributed by atoms with Crippen LogP contribution in [0.3, 0.4) is 0 Å². The Morgan fingerprint density at radius 3 is 2.60 bits per heavy atom. The predicted molar refractivity (Wildman–Crippen MR) is 129 cm³/mol. The van der Waals surface area contributed by atoms with Gasteiger partial charge in [-0.3, -0.25) is 9.13 Å². The molecule has 3 aliphatic rings. The number of rotatable bonds is 7. The van der Waals surface area contributed by atoms with Gasteiger partial charge in [0.15, 0.2) is 12.1 Å². The van der Waals surface area contributed by atoms with Gasteiger partial charge in [0.1, 0.15) is 23.5 Å². The highest BCUT2D eigenvalue weighted by Gasteiger charge is 2.47. The van der Waals surface area contributed by atoms with Crippen LogP contribution in [0.2, 0.25) is 5.15 Å². The number of pyridine rings is 1. The molecule has 15 heteroatoms. The third-order valence-electron chi connectivity index (χ3n) is 6.99. The van der Waals surface area contributed by atoms with E-state index in [4.69, 9.17) is 30.6 Å². The number of alkyl halides is 1. The van der Waals surface area contributed by atoms with Crippen LogP contribution in [0.1, 0.15) is 30.9 Å².